The van der Waals surface area contributed by atoms with Gasteiger partial charge >= 0.3 is 0 Å². The Labute approximate surface area is 180 Å². The van der Waals surface area contributed by atoms with E-state index in [0.29, 0.717) is 24.0 Å². The minimum atomic E-state index is -0.0696. The number of hydrogen-bond acceptors (Lipinski definition) is 7. The summed E-state index contributed by atoms with van der Waals surface area (Å²) in [5, 5.41) is 10.6. The Morgan fingerprint density at radius 3 is 2.68 bits per heavy atom. The summed E-state index contributed by atoms with van der Waals surface area (Å²) >= 11 is 0. The molecule has 1 spiro atoms. The number of pyridine rings is 1. The minimum Gasteiger partial charge on any atom is -0.368 e. The SMILES string of the molecule is O=C1NCC2(CCCC2)n2c1cc1cnc(Nc3ccc(N4CCNCC4)cn3)nc12. The molecule has 0 atom stereocenters. The number of carbonyl (C=O) groups excluding carboxylic acids is 1. The summed E-state index contributed by atoms with van der Waals surface area (Å²) in [6.45, 7) is 4.64. The van der Waals surface area contributed by atoms with Crippen LogP contribution < -0.4 is 20.9 Å². The van der Waals surface area contributed by atoms with Crippen molar-refractivity contribution in [2.45, 2.75) is 31.2 Å². The van der Waals surface area contributed by atoms with Crippen molar-refractivity contribution < 1.29 is 4.79 Å². The smallest absolute Gasteiger partial charge is 0.268 e. The van der Waals surface area contributed by atoms with Crippen molar-refractivity contribution >= 4 is 34.4 Å². The van der Waals surface area contributed by atoms with E-state index < -0.39 is 0 Å². The Hall–Kier alpha value is -3.20. The normalized spacial score (nSPS) is 20.1. The molecule has 9 heteroatoms. The fourth-order valence-corrected chi connectivity index (χ4v) is 5.23. The highest BCUT2D eigenvalue weighted by atomic mass is 16.2. The molecule has 1 saturated carbocycles. The Kier molecular flexibility index (Phi) is 4.31. The second-order valence-electron chi connectivity index (χ2n) is 8.72. The number of nitrogens with one attached hydrogen (secondary N) is 3. The molecule has 31 heavy (non-hydrogen) atoms. The summed E-state index contributed by atoms with van der Waals surface area (Å²) in [7, 11) is 0. The van der Waals surface area contributed by atoms with E-state index in [2.05, 4.69) is 41.5 Å². The summed E-state index contributed by atoms with van der Waals surface area (Å²) < 4.78 is 2.17. The first kappa shape index (κ1) is 18.6. The molecular formula is C22H26N8O. The average Bonchev–Trinajstić information content (AvgIpc) is 3.43. The molecule has 2 aliphatic heterocycles. The molecule has 0 unspecified atom stereocenters. The van der Waals surface area contributed by atoms with Crippen LogP contribution in [0.4, 0.5) is 17.5 Å². The lowest BCUT2D eigenvalue weighted by Gasteiger charge is -2.37. The Morgan fingerprint density at radius 2 is 1.90 bits per heavy atom. The van der Waals surface area contributed by atoms with Crippen molar-refractivity contribution in [2.75, 3.05) is 42.9 Å². The maximum atomic E-state index is 12.5. The average molecular weight is 419 g/mol. The number of fused-ring (bicyclic) bond motifs is 4. The maximum Gasteiger partial charge on any atom is 0.268 e. The predicted octanol–water partition coefficient (Wildman–Crippen LogP) is 1.99. The van der Waals surface area contributed by atoms with Gasteiger partial charge in [0.25, 0.3) is 5.91 Å². The zero-order valence-corrected chi connectivity index (χ0v) is 17.4. The van der Waals surface area contributed by atoms with Gasteiger partial charge in [0.2, 0.25) is 5.95 Å². The molecule has 9 nitrogen and oxygen atoms in total. The molecule has 3 aromatic rings. The summed E-state index contributed by atoms with van der Waals surface area (Å²) in [6.07, 6.45) is 8.16. The number of hydrogen-bond donors (Lipinski definition) is 3. The van der Waals surface area contributed by atoms with Crippen LogP contribution in [0, 0.1) is 0 Å². The third-order valence-corrected chi connectivity index (χ3v) is 6.83. The van der Waals surface area contributed by atoms with Gasteiger partial charge in [0.15, 0.2) is 0 Å². The van der Waals surface area contributed by atoms with Gasteiger partial charge < -0.3 is 25.4 Å². The van der Waals surface area contributed by atoms with Gasteiger partial charge in [-0.05, 0) is 31.0 Å². The van der Waals surface area contributed by atoms with Crippen LogP contribution in [0.15, 0.2) is 30.6 Å². The topological polar surface area (TPSA) is 100 Å². The number of piperazine rings is 1. The number of carbonyl (C=O) groups is 1. The van der Waals surface area contributed by atoms with Crippen LogP contribution in [0.25, 0.3) is 11.0 Å². The van der Waals surface area contributed by atoms with Gasteiger partial charge in [-0.2, -0.15) is 4.98 Å². The molecule has 5 heterocycles. The van der Waals surface area contributed by atoms with Crippen molar-refractivity contribution in [3.8, 4) is 0 Å². The molecule has 1 saturated heterocycles. The summed E-state index contributed by atoms with van der Waals surface area (Å²) in [4.78, 5) is 28.7. The number of nitrogens with zero attached hydrogens (tertiary/aromatic N) is 5. The Balaban J connectivity index is 1.31. The molecule has 3 aromatic heterocycles. The van der Waals surface area contributed by atoms with Crippen molar-refractivity contribution in [3.63, 3.8) is 0 Å². The van der Waals surface area contributed by atoms with Crippen molar-refractivity contribution in [1.82, 2.24) is 30.2 Å². The zero-order chi connectivity index (χ0) is 20.8. The lowest BCUT2D eigenvalue weighted by molar-refractivity contribution is 0.0876. The van der Waals surface area contributed by atoms with E-state index in [1.165, 1.54) is 12.8 Å². The summed E-state index contributed by atoms with van der Waals surface area (Å²) in [5.41, 5.74) is 2.56. The summed E-state index contributed by atoms with van der Waals surface area (Å²) in [5.74, 6) is 1.17. The molecule has 1 aliphatic carbocycles. The van der Waals surface area contributed by atoms with E-state index in [-0.39, 0.29) is 11.4 Å². The van der Waals surface area contributed by atoms with Crippen LogP contribution in [0.2, 0.25) is 0 Å². The first-order valence-corrected chi connectivity index (χ1v) is 11.1. The highest BCUT2D eigenvalue weighted by molar-refractivity contribution is 5.99. The van der Waals surface area contributed by atoms with Gasteiger partial charge in [0.05, 0.1) is 17.4 Å². The molecule has 0 aromatic carbocycles. The van der Waals surface area contributed by atoms with Crippen LogP contribution in [0.1, 0.15) is 36.2 Å². The molecule has 3 N–H and O–H groups in total. The highest BCUT2D eigenvalue weighted by Gasteiger charge is 2.42. The fourth-order valence-electron chi connectivity index (χ4n) is 5.23. The van der Waals surface area contributed by atoms with Crippen LogP contribution in [0.3, 0.4) is 0 Å². The number of rotatable bonds is 3. The van der Waals surface area contributed by atoms with E-state index in [1.807, 2.05) is 18.3 Å². The summed E-state index contributed by atoms with van der Waals surface area (Å²) in [6, 6.07) is 5.95. The second kappa shape index (κ2) is 7.19. The molecule has 1 amide bonds. The lowest BCUT2D eigenvalue weighted by atomic mass is 9.94. The predicted molar refractivity (Wildman–Crippen MR) is 119 cm³/mol. The van der Waals surface area contributed by atoms with Gasteiger partial charge in [-0.1, -0.05) is 12.8 Å². The van der Waals surface area contributed by atoms with Crippen LogP contribution in [0.5, 0.6) is 0 Å². The largest absolute Gasteiger partial charge is 0.368 e. The standard InChI is InChI=1S/C22H26N8O/c31-20-17-11-15-12-25-21(28-19(15)30(17)22(14-26-20)5-1-2-6-22)27-18-4-3-16(13-24-18)29-9-7-23-8-10-29/h3-4,11-13,23H,1-2,5-10,14H2,(H,26,31)(H,24,25,27,28). The number of aromatic nitrogens is 4. The molecule has 2 fully saturated rings. The minimum absolute atomic E-state index is 0.0322. The van der Waals surface area contributed by atoms with E-state index in [1.54, 1.807) is 6.20 Å². The third kappa shape index (κ3) is 3.11. The van der Waals surface area contributed by atoms with E-state index in [4.69, 9.17) is 4.98 Å². The van der Waals surface area contributed by atoms with E-state index >= 15 is 0 Å². The maximum absolute atomic E-state index is 12.5. The Morgan fingerprint density at radius 1 is 1.06 bits per heavy atom. The van der Waals surface area contributed by atoms with Gasteiger partial charge in [-0.3, -0.25) is 4.79 Å². The molecule has 0 bridgehead atoms. The van der Waals surface area contributed by atoms with Gasteiger partial charge in [-0.25, -0.2) is 9.97 Å². The molecular weight excluding hydrogens is 392 g/mol. The number of amides is 1. The highest BCUT2D eigenvalue weighted by Crippen LogP contribution is 2.41. The first-order chi connectivity index (χ1) is 15.2. The van der Waals surface area contributed by atoms with Gasteiger partial charge in [0, 0.05) is 44.3 Å². The van der Waals surface area contributed by atoms with Gasteiger partial charge in [0.1, 0.15) is 17.2 Å². The zero-order valence-electron chi connectivity index (χ0n) is 17.4. The molecule has 0 radical (unpaired) electrons. The second-order valence-corrected chi connectivity index (χ2v) is 8.72. The van der Waals surface area contributed by atoms with Crippen LogP contribution in [-0.4, -0.2) is 58.1 Å². The van der Waals surface area contributed by atoms with Crippen LogP contribution in [-0.2, 0) is 5.54 Å². The molecule has 3 aliphatic rings. The number of anilines is 3. The Bertz CT molecular complexity index is 1130. The monoisotopic (exact) mass is 418 g/mol. The van der Waals surface area contributed by atoms with Gasteiger partial charge in [-0.15, -0.1) is 0 Å². The van der Waals surface area contributed by atoms with Crippen molar-refractivity contribution in [3.05, 3.63) is 36.3 Å². The van der Waals surface area contributed by atoms with E-state index in [0.717, 1.165) is 55.7 Å². The van der Waals surface area contributed by atoms with E-state index in [9.17, 15) is 4.79 Å². The van der Waals surface area contributed by atoms with Crippen LogP contribution >= 0.6 is 0 Å². The molecule has 6 rings (SSSR count). The first-order valence-electron chi connectivity index (χ1n) is 11.1. The third-order valence-electron chi connectivity index (χ3n) is 6.83. The van der Waals surface area contributed by atoms with Crippen molar-refractivity contribution in [1.29, 1.82) is 0 Å². The lowest BCUT2D eigenvalue weighted by Crippen LogP contribution is -2.50. The van der Waals surface area contributed by atoms with Crippen molar-refractivity contribution in [2.24, 2.45) is 0 Å². The quantitative estimate of drug-likeness (QED) is 0.598. The fraction of sp³-hybridized carbons (Fsp3) is 0.455. The molecule has 160 valence electrons.